The van der Waals surface area contributed by atoms with E-state index in [2.05, 4.69) is 24.3 Å². The summed E-state index contributed by atoms with van der Waals surface area (Å²) in [6.45, 7) is 6.13. The van der Waals surface area contributed by atoms with Gasteiger partial charge in [0.25, 0.3) is 5.91 Å². The molecule has 1 heterocycles. The topological polar surface area (TPSA) is 92.4 Å². The summed E-state index contributed by atoms with van der Waals surface area (Å²) in [6.07, 6.45) is 3.16. The minimum atomic E-state index is -0.896. The number of carbonyl (C=O) groups excluding carboxylic acids is 1. The molecule has 0 saturated heterocycles. The molecule has 0 spiro atoms. The van der Waals surface area contributed by atoms with E-state index in [0.29, 0.717) is 6.42 Å². The highest BCUT2D eigenvalue weighted by Crippen LogP contribution is 2.22. The number of nitrogens with one attached hydrogen (secondary N) is 1. The lowest BCUT2D eigenvalue weighted by molar-refractivity contribution is -0.141. The maximum atomic E-state index is 12.0. The van der Waals surface area contributed by atoms with Crippen LogP contribution in [-0.2, 0) is 4.79 Å². The highest BCUT2D eigenvalue weighted by molar-refractivity contribution is 5.91. The van der Waals surface area contributed by atoms with Crippen molar-refractivity contribution in [2.45, 2.75) is 52.4 Å². The zero-order valence-electron chi connectivity index (χ0n) is 12.9. The van der Waals surface area contributed by atoms with E-state index in [0.717, 1.165) is 25.0 Å². The van der Waals surface area contributed by atoms with Crippen LogP contribution in [-0.4, -0.2) is 28.7 Å². The first-order valence-corrected chi connectivity index (χ1v) is 7.50. The van der Waals surface area contributed by atoms with Gasteiger partial charge in [-0.15, -0.1) is 0 Å². The van der Waals surface area contributed by atoms with E-state index in [4.69, 9.17) is 9.63 Å². The Balaban J connectivity index is 2.61. The van der Waals surface area contributed by atoms with Crippen LogP contribution in [0.3, 0.4) is 0 Å². The predicted molar refractivity (Wildman–Crippen MR) is 78.2 cm³/mol. The first-order valence-electron chi connectivity index (χ1n) is 7.50. The van der Waals surface area contributed by atoms with Crippen LogP contribution in [0.1, 0.15) is 68.6 Å². The van der Waals surface area contributed by atoms with Crippen LogP contribution in [0.5, 0.6) is 0 Å². The zero-order chi connectivity index (χ0) is 15.8. The molecule has 1 aromatic rings. The summed E-state index contributed by atoms with van der Waals surface area (Å²) < 4.78 is 5.05. The van der Waals surface area contributed by atoms with Gasteiger partial charge in [-0.2, -0.15) is 0 Å². The van der Waals surface area contributed by atoms with Crippen LogP contribution in [0.15, 0.2) is 10.6 Å². The third-order valence-corrected chi connectivity index (χ3v) is 3.65. The van der Waals surface area contributed by atoms with Crippen LogP contribution in [0.2, 0.25) is 0 Å². The molecule has 2 N–H and O–H groups in total. The van der Waals surface area contributed by atoms with E-state index in [1.165, 1.54) is 0 Å². The Bertz CT molecular complexity index is 466. The summed E-state index contributed by atoms with van der Waals surface area (Å²) in [7, 11) is 0. The number of aromatic nitrogens is 1. The highest BCUT2D eigenvalue weighted by Gasteiger charge is 2.20. The highest BCUT2D eigenvalue weighted by atomic mass is 16.5. The Morgan fingerprint density at radius 2 is 2.00 bits per heavy atom. The molecule has 6 nitrogen and oxygen atoms in total. The number of carboxylic acid groups (broad SMARTS) is 1. The van der Waals surface area contributed by atoms with Crippen LogP contribution < -0.4 is 5.32 Å². The number of hydrogen-bond acceptors (Lipinski definition) is 4. The molecule has 0 bridgehead atoms. The molecule has 0 aliphatic rings. The Hall–Kier alpha value is -1.85. The van der Waals surface area contributed by atoms with E-state index in [1.54, 1.807) is 6.07 Å². The molecule has 0 radical (unpaired) electrons. The van der Waals surface area contributed by atoms with Gasteiger partial charge in [0, 0.05) is 18.5 Å². The quantitative estimate of drug-likeness (QED) is 0.731. The molecule has 0 saturated carbocycles. The molecule has 1 aromatic heterocycles. The molecule has 0 aliphatic heterocycles. The Labute approximate surface area is 124 Å². The molecule has 21 heavy (non-hydrogen) atoms. The molecule has 0 aliphatic carbocycles. The van der Waals surface area contributed by atoms with E-state index >= 15 is 0 Å². The number of rotatable bonds is 9. The SMILES string of the molecule is CCCC(CNC(=O)c1cc(C(CC)CC)no1)C(=O)O. The molecule has 1 unspecified atom stereocenters. The van der Waals surface area contributed by atoms with E-state index < -0.39 is 17.8 Å². The summed E-state index contributed by atoms with van der Waals surface area (Å²) >= 11 is 0. The fraction of sp³-hybridized carbons (Fsp3) is 0.667. The van der Waals surface area contributed by atoms with Gasteiger partial charge in [-0.3, -0.25) is 9.59 Å². The Morgan fingerprint density at radius 3 is 2.52 bits per heavy atom. The van der Waals surface area contributed by atoms with Gasteiger partial charge in [0.1, 0.15) is 0 Å². The average molecular weight is 296 g/mol. The zero-order valence-corrected chi connectivity index (χ0v) is 12.9. The summed E-state index contributed by atoms with van der Waals surface area (Å²) in [5, 5.41) is 15.6. The van der Waals surface area contributed by atoms with Gasteiger partial charge in [0.15, 0.2) is 0 Å². The van der Waals surface area contributed by atoms with Crippen molar-refractivity contribution >= 4 is 11.9 Å². The third-order valence-electron chi connectivity index (χ3n) is 3.65. The second-order valence-corrected chi connectivity index (χ2v) is 5.16. The van der Waals surface area contributed by atoms with Gasteiger partial charge in [0.2, 0.25) is 5.76 Å². The molecule has 1 amide bonds. The van der Waals surface area contributed by atoms with Crippen LogP contribution in [0.25, 0.3) is 0 Å². The predicted octanol–water partition coefficient (Wildman–Crippen LogP) is 2.81. The van der Waals surface area contributed by atoms with E-state index in [-0.39, 0.29) is 18.2 Å². The Kier molecular flexibility index (Phi) is 6.91. The molecule has 118 valence electrons. The standard InChI is InChI=1S/C15H24N2O4/c1-4-7-11(15(19)20)9-16-14(18)13-8-12(17-21-13)10(5-2)6-3/h8,10-11H,4-7,9H2,1-3H3,(H,16,18)(H,19,20). The molecule has 6 heteroatoms. The molecule has 1 rings (SSSR count). The van der Waals surface area contributed by atoms with Crippen molar-refractivity contribution in [3.05, 3.63) is 17.5 Å². The van der Waals surface area contributed by atoms with Crippen LogP contribution in [0, 0.1) is 5.92 Å². The molecule has 0 aromatic carbocycles. The smallest absolute Gasteiger partial charge is 0.308 e. The van der Waals surface area contributed by atoms with Crippen LogP contribution in [0.4, 0.5) is 0 Å². The summed E-state index contributed by atoms with van der Waals surface area (Å²) in [5.41, 5.74) is 0.772. The molecular weight excluding hydrogens is 272 g/mol. The van der Waals surface area contributed by atoms with Crippen molar-refractivity contribution in [1.82, 2.24) is 10.5 Å². The van der Waals surface area contributed by atoms with Gasteiger partial charge in [-0.05, 0) is 19.3 Å². The van der Waals surface area contributed by atoms with Crippen molar-refractivity contribution in [3.8, 4) is 0 Å². The van der Waals surface area contributed by atoms with Gasteiger partial charge in [0.05, 0.1) is 11.6 Å². The van der Waals surface area contributed by atoms with Crippen molar-refractivity contribution in [2.24, 2.45) is 5.92 Å². The van der Waals surface area contributed by atoms with E-state index in [9.17, 15) is 9.59 Å². The fourth-order valence-corrected chi connectivity index (χ4v) is 2.26. The summed E-state index contributed by atoms with van der Waals surface area (Å²) in [6, 6.07) is 1.64. The summed E-state index contributed by atoms with van der Waals surface area (Å²) in [4.78, 5) is 23.0. The van der Waals surface area contributed by atoms with E-state index in [1.807, 2.05) is 6.92 Å². The average Bonchev–Trinajstić information content (AvgIpc) is 2.94. The number of nitrogens with zero attached hydrogens (tertiary/aromatic N) is 1. The third kappa shape index (κ3) is 4.88. The lowest BCUT2D eigenvalue weighted by Crippen LogP contribution is -2.32. The van der Waals surface area contributed by atoms with Crippen LogP contribution >= 0.6 is 0 Å². The summed E-state index contributed by atoms with van der Waals surface area (Å²) in [5.74, 6) is -1.46. The van der Waals surface area contributed by atoms with Gasteiger partial charge >= 0.3 is 5.97 Å². The van der Waals surface area contributed by atoms with Crippen molar-refractivity contribution in [2.75, 3.05) is 6.54 Å². The lowest BCUT2D eigenvalue weighted by Gasteiger charge is -2.11. The number of carboxylic acids is 1. The first kappa shape index (κ1) is 17.2. The second kappa shape index (κ2) is 8.44. The monoisotopic (exact) mass is 296 g/mol. The normalized spacial score (nSPS) is 12.4. The maximum Gasteiger partial charge on any atom is 0.308 e. The second-order valence-electron chi connectivity index (χ2n) is 5.16. The number of amides is 1. The van der Waals surface area contributed by atoms with Crippen molar-refractivity contribution in [3.63, 3.8) is 0 Å². The van der Waals surface area contributed by atoms with Gasteiger partial charge < -0.3 is 14.9 Å². The van der Waals surface area contributed by atoms with Gasteiger partial charge in [-0.1, -0.05) is 32.3 Å². The molecular formula is C15H24N2O4. The molecule has 1 atom stereocenters. The largest absolute Gasteiger partial charge is 0.481 e. The number of carbonyl (C=O) groups is 2. The minimum absolute atomic E-state index is 0.100. The van der Waals surface area contributed by atoms with Crippen molar-refractivity contribution in [1.29, 1.82) is 0 Å². The van der Waals surface area contributed by atoms with Gasteiger partial charge in [-0.25, -0.2) is 0 Å². The maximum absolute atomic E-state index is 12.0. The number of aliphatic carboxylic acids is 1. The Morgan fingerprint density at radius 1 is 1.33 bits per heavy atom. The number of hydrogen-bond donors (Lipinski definition) is 2. The minimum Gasteiger partial charge on any atom is -0.481 e. The first-order chi connectivity index (χ1) is 10.0. The van der Waals surface area contributed by atoms with Crippen molar-refractivity contribution < 1.29 is 19.2 Å². The lowest BCUT2D eigenvalue weighted by atomic mass is 9.99. The molecule has 0 fully saturated rings. The fourth-order valence-electron chi connectivity index (χ4n) is 2.26.